The largest absolute Gasteiger partial charge is 0.463 e. The summed E-state index contributed by atoms with van der Waals surface area (Å²) in [5.41, 5.74) is 0.348. The predicted molar refractivity (Wildman–Crippen MR) is 83.5 cm³/mol. The number of carbonyl (C=O) groups is 1. The van der Waals surface area contributed by atoms with Crippen LogP contribution in [0.2, 0.25) is 0 Å². The van der Waals surface area contributed by atoms with Crippen LogP contribution in [0.1, 0.15) is 60.3 Å². The van der Waals surface area contributed by atoms with Crippen LogP contribution in [0, 0.1) is 5.92 Å². The molecule has 0 bridgehead atoms. The molecule has 0 saturated heterocycles. The molecule has 116 valence electrons. The molecule has 0 aromatic carbocycles. The molecule has 0 rings (SSSR count). The van der Waals surface area contributed by atoms with Crippen molar-refractivity contribution >= 4 is 5.97 Å². The van der Waals surface area contributed by atoms with Crippen LogP contribution >= 0.6 is 0 Å². The summed E-state index contributed by atoms with van der Waals surface area (Å²) in [6.07, 6.45) is 9.54. The van der Waals surface area contributed by atoms with Crippen molar-refractivity contribution in [3.8, 4) is 0 Å². The van der Waals surface area contributed by atoms with Gasteiger partial charge in [-0.3, -0.25) is 0 Å². The van der Waals surface area contributed by atoms with E-state index in [4.69, 9.17) is 4.74 Å². The van der Waals surface area contributed by atoms with Gasteiger partial charge in [-0.05, 0) is 52.0 Å². The minimum Gasteiger partial charge on any atom is -0.463 e. The predicted octanol–water partition coefficient (Wildman–Crippen LogP) is 4.02. The Bertz CT molecular complexity index is 335. The average Bonchev–Trinajstić information content (AvgIpc) is 2.27. The molecular weight excluding hydrogens is 252 g/mol. The lowest BCUT2D eigenvalue weighted by molar-refractivity contribution is -0.137. The minimum atomic E-state index is -0.561. The first-order valence-corrected chi connectivity index (χ1v) is 7.48. The maximum atomic E-state index is 11.2. The van der Waals surface area contributed by atoms with Gasteiger partial charge in [0.05, 0.1) is 12.2 Å². The standard InChI is InChI=1S/C17H30O3/c1-6-20-16(18)13-15(3)10-7-9-14(2)11-8-12-17(4,5)19/h7,10,13-14,19H,6,8-9,11-12H2,1-5H3. The Hall–Kier alpha value is -1.09. The number of allylic oxidation sites excluding steroid dienone is 3. The second kappa shape index (κ2) is 9.76. The van der Waals surface area contributed by atoms with Crippen molar-refractivity contribution in [3.05, 3.63) is 23.8 Å². The normalized spacial score (nSPS) is 14.6. The van der Waals surface area contributed by atoms with Gasteiger partial charge in [0.1, 0.15) is 0 Å². The molecule has 1 unspecified atom stereocenters. The van der Waals surface area contributed by atoms with Crippen molar-refractivity contribution in [2.75, 3.05) is 6.61 Å². The highest BCUT2D eigenvalue weighted by Crippen LogP contribution is 2.18. The van der Waals surface area contributed by atoms with E-state index in [9.17, 15) is 9.90 Å². The van der Waals surface area contributed by atoms with E-state index < -0.39 is 5.60 Å². The van der Waals surface area contributed by atoms with Crippen molar-refractivity contribution < 1.29 is 14.6 Å². The lowest BCUT2D eigenvalue weighted by Crippen LogP contribution is -2.18. The summed E-state index contributed by atoms with van der Waals surface area (Å²) >= 11 is 0. The van der Waals surface area contributed by atoms with Crippen molar-refractivity contribution in [1.29, 1.82) is 0 Å². The lowest BCUT2D eigenvalue weighted by Gasteiger charge is -2.17. The van der Waals surface area contributed by atoms with Crippen molar-refractivity contribution in [1.82, 2.24) is 0 Å². The number of aliphatic hydroxyl groups is 1. The Morgan fingerprint density at radius 1 is 1.40 bits per heavy atom. The number of rotatable bonds is 9. The molecule has 0 spiro atoms. The van der Waals surface area contributed by atoms with E-state index in [0.717, 1.165) is 31.3 Å². The molecule has 0 heterocycles. The fraction of sp³-hybridized carbons (Fsp3) is 0.706. The Kier molecular flexibility index (Phi) is 9.23. The third-order valence-corrected chi connectivity index (χ3v) is 3.04. The number of carbonyl (C=O) groups excluding carboxylic acids is 1. The van der Waals surface area contributed by atoms with Gasteiger partial charge in [-0.25, -0.2) is 4.79 Å². The fourth-order valence-corrected chi connectivity index (χ4v) is 1.91. The summed E-state index contributed by atoms with van der Waals surface area (Å²) in [5, 5.41) is 9.64. The van der Waals surface area contributed by atoms with Crippen molar-refractivity contribution in [2.45, 2.75) is 65.9 Å². The van der Waals surface area contributed by atoms with Crippen LogP contribution < -0.4 is 0 Å². The first kappa shape index (κ1) is 18.9. The number of hydrogen-bond acceptors (Lipinski definition) is 3. The average molecular weight is 282 g/mol. The minimum absolute atomic E-state index is 0.284. The molecule has 1 N–H and O–H groups in total. The summed E-state index contributed by atoms with van der Waals surface area (Å²) in [5.74, 6) is 0.303. The molecule has 0 aliphatic heterocycles. The molecule has 0 aromatic heterocycles. The Morgan fingerprint density at radius 3 is 2.60 bits per heavy atom. The molecule has 3 heteroatoms. The summed E-state index contributed by atoms with van der Waals surface area (Å²) in [6.45, 7) is 10.0. The SMILES string of the molecule is CCOC(=O)C=C(C)C=CCC(C)CCCC(C)(C)O. The zero-order chi connectivity index (χ0) is 15.6. The zero-order valence-electron chi connectivity index (χ0n) is 13.6. The molecule has 0 aliphatic rings. The molecule has 0 fully saturated rings. The van der Waals surface area contributed by atoms with Gasteiger partial charge in [-0.2, -0.15) is 0 Å². The van der Waals surface area contributed by atoms with Gasteiger partial charge in [0.15, 0.2) is 0 Å². The van der Waals surface area contributed by atoms with Gasteiger partial charge in [0, 0.05) is 6.08 Å². The summed E-state index contributed by atoms with van der Waals surface area (Å²) in [7, 11) is 0. The van der Waals surface area contributed by atoms with Crippen molar-refractivity contribution in [3.63, 3.8) is 0 Å². The maximum Gasteiger partial charge on any atom is 0.330 e. The third kappa shape index (κ3) is 12.0. The first-order chi connectivity index (χ1) is 9.24. The molecule has 20 heavy (non-hydrogen) atoms. The molecule has 0 aromatic rings. The van der Waals surface area contributed by atoms with E-state index in [1.54, 1.807) is 6.92 Å². The smallest absolute Gasteiger partial charge is 0.330 e. The van der Waals surface area contributed by atoms with E-state index in [1.165, 1.54) is 6.08 Å². The highest BCUT2D eigenvalue weighted by atomic mass is 16.5. The first-order valence-electron chi connectivity index (χ1n) is 7.48. The van der Waals surface area contributed by atoms with E-state index in [0.29, 0.717) is 12.5 Å². The summed E-state index contributed by atoms with van der Waals surface area (Å²) in [6, 6.07) is 0. The quantitative estimate of drug-likeness (QED) is 0.395. The van der Waals surface area contributed by atoms with Crippen LogP contribution in [0.4, 0.5) is 0 Å². The molecule has 3 nitrogen and oxygen atoms in total. The zero-order valence-corrected chi connectivity index (χ0v) is 13.6. The van der Waals surface area contributed by atoms with E-state index in [2.05, 4.69) is 13.0 Å². The Morgan fingerprint density at radius 2 is 2.05 bits per heavy atom. The number of ether oxygens (including phenoxy) is 1. The topological polar surface area (TPSA) is 46.5 Å². The van der Waals surface area contributed by atoms with Crippen LogP contribution in [-0.4, -0.2) is 23.3 Å². The Labute approximate surface area is 123 Å². The van der Waals surface area contributed by atoms with Crippen LogP contribution in [-0.2, 0) is 9.53 Å². The molecule has 0 saturated carbocycles. The summed E-state index contributed by atoms with van der Waals surface area (Å²) in [4.78, 5) is 11.2. The van der Waals surface area contributed by atoms with Gasteiger partial charge in [0.25, 0.3) is 0 Å². The summed E-state index contributed by atoms with van der Waals surface area (Å²) < 4.78 is 4.85. The van der Waals surface area contributed by atoms with Crippen LogP contribution in [0.15, 0.2) is 23.8 Å². The van der Waals surface area contributed by atoms with Crippen LogP contribution in [0.25, 0.3) is 0 Å². The molecule has 0 aliphatic carbocycles. The second-order valence-electron chi connectivity index (χ2n) is 6.09. The van der Waals surface area contributed by atoms with Gasteiger partial charge in [-0.1, -0.05) is 31.9 Å². The van der Waals surface area contributed by atoms with Gasteiger partial charge in [-0.15, -0.1) is 0 Å². The molecule has 1 atom stereocenters. The van der Waals surface area contributed by atoms with Gasteiger partial charge >= 0.3 is 5.97 Å². The third-order valence-electron chi connectivity index (χ3n) is 3.04. The van der Waals surface area contributed by atoms with Crippen LogP contribution in [0.5, 0.6) is 0 Å². The van der Waals surface area contributed by atoms with E-state index >= 15 is 0 Å². The van der Waals surface area contributed by atoms with Gasteiger partial charge < -0.3 is 9.84 Å². The number of esters is 1. The van der Waals surface area contributed by atoms with E-state index in [-0.39, 0.29) is 5.97 Å². The van der Waals surface area contributed by atoms with E-state index in [1.807, 2.05) is 26.8 Å². The van der Waals surface area contributed by atoms with Gasteiger partial charge in [0.2, 0.25) is 0 Å². The monoisotopic (exact) mass is 282 g/mol. The molecule has 0 radical (unpaired) electrons. The molecule has 0 amide bonds. The highest BCUT2D eigenvalue weighted by molar-refractivity contribution is 5.83. The fourth-order valence-electron chi connectivity index (χ4n) is 1.91. The number of hydrogen-bond donors (Lipinski definition) is 1. The highest BCUT2D eigenvalue weighted by Gasteiger charge is 2.12. The van der Waals surface area contributed by atoms with Crippen molar-refractivity contribution in [2.24, 2.45) is 5.92 Å². The van der Waals surface area contributed by atoms with Crippen LogP contribution in [0.3, 0.4) is 0 Å². The Balaban J connectivity index is 3.96. The second-order valence-corrected chi connectivity index (χ2v) is 6.09. The lowest BCUT2D eigenvalue weighted by atomic mass is 9.95. The molecular formula is C17H30O3. The maximum absolute atomic E-state index is 11.2.